The zero-order valence-corrected chi connectivity index (χ0v) is 12.2. The highest BCUT2D eigenvalue weighted by Crippen LogP contribution is 2.48. The van der Waals surface area contributed by atoms with Crippen molar-refractivity contribution in [3.8, 4) is 5.75 Å². The predicted molar refractivity (Wildman–Crippen MR) is 80.7 cm³/mol. The minimum atomic E-state index is 0.213. The SMILES string of the molecule is NC1CCCc2ccc(OCC3CC4CCC3C4)cc21. The summed E-state index contributed by atoms with van der Waals surface area (Å²) < 4.78 is 6.10. The van der Waals surface area contributed by atoms with Crippen LogP contribution in [0.25, 0.3) is 0 Å². The molecule has 3 aliphatic rings. The molecule has 2 saturated carbocycles. The second-order valence-corrected chi connectivity index (χ2v) is 7.11. The molecule has 0 spiro atoms. The second-order valence-electron chi connectivity index (χ2n) is 7.11. The van der Waals surface area contributed by atoms with E-state index in [0.717, 1.165) is 36.5 Å². The molecule has 1 aromatic rings. The molecule has 2 N–H and O–H groups in total. The van der Waals surface area contributed by atoms with E-state index in [1.807, 2.05) is 0 Å². The largest absolute Gasteiger partial charge is 0.493 e. The van der Waals surface area contributed by atoms with Crippen molar-refractivity contribution >= 4 is 0 Å². The first-order valence-electron chi connectivity index (χ1n) is 8.31. The van der Waals surface area contributed by atoms with E-state index in [1.165, 1.54) is 49.7 Å². The molecule has 0 saturated heterocycles. The molecule has 0 radical (unpaired) electrons. The Bertz CT molecular complexity index is 498. The van der Waals surface area contributed by atoms with E-state index in [9.17, 15) is 0 Å². The number of hydrogen-bond donors (Lipinski definition) is 1. The van der Waals surface area contributed by atoms with Gasteiger partial charge in [-0.3, -0.25) is 0 Å². The minimum absolute atomic E-state index is 0.213. The van der Waals surface area contributed by atoms with Crippen LogP contribution in [0.3, 0.4) is 0 Å². The summed E-state index contributed by atoms with van der Waals surface area (Å²) in [4.78, 5) is 0. The van der Waals surface area contributed by atoms with E-state index >= 15 is 0 Å². The summed E-state index contributed by atoms with van der Waals surface area (Å²) in [7, 11) is 0. The van der Waals surface area contributed by atoms with Gasteiger partial charge in [-0.1, -0.05) is 12.5 Å². The van der Waals surface area contributed by atoms with Crippen LogP contribution < -0.4 is 10.5 Å². The fourth-order valence-corrected chi connectivity index (χ4v) is 4.69. The van der Waals surface area contributed by atoms with E-state index in [4.69, 9.17) is 10.5 Å². The van der Waals surface area contributed by atoms with Crippen molar-refractivity contribution < 1.29 is 4.74 Å². The minimum Gasteiger partial charge on any atom is -0.493 e. The molecule has 1 aromatic carbocycles. The van der Waals surface area contributed by atoms with Crippen molar-refractivity contribution in [3.63, 3.8) is 0 Å². The van der Waals surface area contributed by atoms with Gasteiger partial charge in [-0.2, -0.15) is 0 Å². The molecule has 0 aliphatic heterocycles. The Balaban J connectivity index is 1.43. The van der Waals surface area contributed by atoms with Crippen molar-refractivity contribution in [2.45, 2.75) is 51.0 Å². The average molecular weight is 271 g/mol. The van der Waals surface area contributed by atoms with Crippen molar-refractivity contribution in [1.29, 1.82) is 0 Å². The van der Waals surface area contributed by atoms with Gasteiger partial charge in [0, 0.05) is 6.04 Å². The van der Waals surface area contributed by atoms with Gasteiger partial charge >= 0.3 is 0 Å². The first-order chi connectivity index (χ1) is 9.79. The Morgan fingerprint density at radius 3 is 2.90 bits per heavy atom. The van der Waals surface area contributed by atoms with E-state index in [0.29, 0.717) is 0 Å². The number of aryl methyl sites for hydroxylation is 1. The highest BCUT2D eigenvalue weighted by molar-refractivity contribution is 5.39. The molecule has 2 nitrogen and oxygen atoms in total. The molecule has 2 bridgehead atoms. The van der Waals surface area contributed by atoms with E-state index in [-0.39, 0.29) is 6.04 Å². The monoisotopic (exact) mass is 271 g/mol. The average Bonchev–Trinajstić information content (AvgIpc) is 3.08. The lowest BCUT2D eigenvalue weighted by atomic mass is 9.88. The Kier molecular flexibility index (Phi) is 3.22. The molecule has 3 aliphatic carbocycles. The third-order valence-corrected chi connectivity index (χ3v) is 5.83. The highest BCUT2D eigenvalue weighted by atomic mass is 16.5. The lowest BCUT2D eigenvalue weighted by Crippen LogP contribution is -2.20. The Morgan fingerprint density at radius 1 is 1.15 bits per heavy atom. The Hall–Kier alpha value is -1.02. The summed E-state index contributed by atoms with van der Waals surface area (Å²) in [6.45, 7) is 0.912. The van der Waals surface area contributed by atoms with Gasteiger partial charge in [0.05, 0.1) is 6.61 Å². The third-order valence-electron chi connectivity index (χ3n) is 5.83. The van der Waals surface area contributed by atoms with Crippen LogP contribution in [0.15, 0.2) is 18.2 Å². The predicted octanol–water partition coefficient (Wildman–Crippen LogP) is 3.84. The van der Waals surface area contributed by atoms with Crippen LogP contribution in [0.5, 0.6) is 5.75 Å². The first kappa shape index (κ1) is 12.7. The molecule has 2 fully saturated rings. The van der Waals surface area contributed by atoms with Gasteiger partial charge in [-0.15, -0.1) is 0 Å². The number of nitrogens with two attached hydrogens (primary N) is 1. The summed E-state index contributed by atoms with van der Waals surface area (Å²) in [6.07, 6.45) is 9.28. The van der Waals surface area contributed by atoms with Gasteiger partial charge in [0.25, 0.3) is 0 Å². The molecule has 4 unspecified atom stereocenters. The topological polar surface area (TPSA) is 35.2 Å². The molecular weight excluding hydrogens is 246 g/mol. The molecule has 20 heavy (non-hydrogen) atoms. The van der Waals surface area contributed by atoms with Gasteiger partial charge in [0.15, 0.2) is 0 Å². The van der Waals surface area contributed by atoms with Crippen LogP contribution in [0.2, 0.25) is 0 Å². The fourth-order valence-electron chi connectivity index (χ4n) is 4.69. The van der Waals surface area contributed by atoms with E-state index in [2.05, 4.69) is 18.2 Å². The number of ether oxygens (including phenoxy) is 1. The standard InChI is InChI=1S/C18H25NO/c19-18-3-1-2-13-6-7-16(10-17(13)18)20-11-15-9-12-4-5-14(15)8-12/h6-7,10,12,14-15,18H,1-5,8-9,11,19H2. The molecule has 0 aromatic heterocycles. The summed E-state index contributed by atoms with van der Waals surface area (Å²) in [5.41, 5.74) is 8.98. The maximum absolute atomic E-state index is 6.23. The third kappa shape index (κ3) is 2.24. The van der Waals surface area contributed by atoms with Crippen LogP contribution in [-0.4, -0.2) is 6.61 Å². The van der Waals surface area contributed by atoms with Gasteiger partial charge in [0.2, 0.25) is 0 Å². The summed E-state index contributed by atoms with van der Waals surface area (Å²) in [6, 6.07) is 6.78. The number of rotatable bonds is 3. The smallest absolute Gasteiger partial charge is 0.119 e. The molecule has 2 heteroatoms. The van der Waals surface area contributed by atoms with Crippen LogP contribution in [0, 0.1) is 17.8 Å². The Morgan fingerprint density at radius 2 is 2.10 bits per heavy atom. The van der Waals surface area contributed by atoms with Crippen molar-refractivity contribution in [1.82, 2.24) is 0 Å². The van der Waals surface area contributed by atoms with Crippen molar-refractivity contribution in [3.05, 3.63) is 29.3 Å². The Labute approximate surface area is 121 Å². The lowest BCUT2D eigenvalue weighted by Gasteiger charge is -2.24. The van der Waals surface area contributed by atoms with Crippen molar-refractivity contribution in [2.75, 3.05) is 6.61 Å². The molecule has 0 amide bonds. The van der Waals surface area contributed by atoms with Crippen molar-refractivity contribution in [2.24, 2.45) is 23.5 Å². The van der Waals surface area contributed by atoms with Gasteiger partial charge in [-0.25, -0.2) is 0 Å². The molecule has 0 heterocycles. The number of fused-ring (bicyclic) bond motifs is 3. The second kappa shape index (κ2) is 5.07. The molecule has 4 atom stereocenters. The lowest BCUT2D eigenvalue weighted by molar-refractivity contribution is 0.195. The summed E-state index contributed by atoms with van der Waals surface area (Å²) in [5, 5.41) is 0. The van der Waals surface area contributed by atoms with E-state index in [1.54, 1.807) is 0 Å². The zero-order chi connectivity index (χ0) is 13.5. The van der Waals surface area contributed by atoms with Crippen LogP contribution in [0.4, 0.5) is 0 Å². The molecule has 108 valence electrons. The maximum Gasteiger partial charge on any atom is 0.119 e. The molecule has 4 rings (SSSR count). The summed E-state index contributed by atoms with van der Waals surface area (Å²) in [5.74, 6) is 3.78. The van der Waals surface area contributed by atoms with Crippen LogP contribution in [-0.2, 0) is 6.42 Å². The van der Waals surface area contributed by atoms with Gasteiger partial charge < -0.3 is 10.5 Å². The molecular formula is C18H25NO. The van der Waals surface area contributed by atoms with Crippen LogP contribution in [0.1, 0.15) is 55.7 Å². The quantitative estimate of drug-likeness (QED) is 0.906. The fraction of sp³-hybridized carbons (Fsp3) is 0.667. The van der Waals surface area contributed by atoms with Crippen LogP contribution >= 0.6 is 0 Å². The summed E-state index contributed by atoms with van der Waals surface area (Å²) >= 11 is 0. The number of hydrogen-bond acceptors (Lipinski definition) is 2. The maximum atomic E-state index is 6.23. The van der Waals surface area contributed by atoms with Gasteiger partial charge in [-0.05, 0) is 79.5 Å². The number of benzene rings is 1. The highest BCUT2D eigenvalue weighted by Gasteiger charge is 2.39. The zero-order valence-electron chi connectivity index (χ0n) is 12.2. The van der Waals surface area contributed by atoms with Gasteiger partial charge in [0.1, 0.15) is 5.75 Å². The first-order valence-corrected chi connectivity index (χ1v) is 8.31. The normalized spacial score (nSPS) is 35.0. The van der Waals surface area contributed by atoms with E-state index < -0.39 is 0 Å².